The van der Waals surface area contributed by atoms with Crippen molar-refractivity contribution in [2.24, 2.45) is 5.10 Å². The first kappa shape index (κ1) is 24.4. The number of carbonyl (C=O) groups excluding carboxylic acids is 2. The summed E-state index contributed by atoms with van der Waals surface area (Å²) in [5, 5.41) is 15.5. The Bertz CT molecular complexity index is 1310. The highest BCUT2D eigenvalue weighted by Gasteiger charge is 2.39. The summed E-state index contributed by atoms with van der Waals surface area (Å²) in [6.45, 7) is 0. The van der Waals surface area contributed by atoms with Crippen molar-refractivity contribution < 1.29 is 24.2 Å². The predicted octanol–water partition coefficient (Wildman–Crippen LogP) is 4.30. The molecule has 4 aromatic rings. The third-order valence-corrected chi connectivity index (χ3v) is 5.49. The average Bonchev–Trinajstić information content (AvgIpc) is 2.93. The van der Waals surface area contributed by atoms with Crippen molar-refractivity contribution in [1.82, 2.24) is 5.43 Å². The lowest BCUT2D eigenvalue weighted by atomic mass is 9.85. The Kier molecular flexibility index (Phi) is 7.53. The molecule has 0 fully saturated rings. The number of rotatable bonds is 8. The highest BCUT2D eigenvalue weighted by atomic mass is 16.5. The molecule has 7 nitrogen and oxygen atoms in total. The molecule has 0 saturated carbocycles. The van der Waals surface area contributed by atoms with Crippen LogP contribution < -0.4 is 14.9 Å². The first-order valence-corrected chi connectivity index (χ1v) is 11.1. The van der Waals surface area contributed by atoms with Crippen LogP contribution in [0.1, 0.15) is 27.0 Å². The van der Waals surface area contributed by atoms with Gasteiger partial charge < -0.3 is 14.6 Å². The quantitative estimate of drug-likeness (QED) is 0.170. The monoisotopic (exact) mass is 480 g/mol. The van der Waals surface area contributed by atoms with Crippen LogP contribution in [-0.4, -0.2) is 30.3 Å². The number of ether oxygens (including phenoxy) is 2. The molecular formula is C29H24N2O5. The molecule has 0 aliphatic carbocycles. The standard InChI is InChI=1S/C29H24N2O5/c1-35-25-17-15-22(16-18-25)27(32)36-26-14-8-9-21(19-26)20-30-31-28(33)29(34,23-10-4-2-5-11-23)24-12-6-3-7-13-24/h2-20,34H,1H3,(H,31,33). The maximum atomic E-state index is 13.1. The first-order chi connectivity index (χ1) is 17.5. The molecule has 0 aliphatic heterocycles. The van der Waals surface area contributed by atoms with Gasteiger partial charge in [0.15, 0.2) is 5.60 Å². The van der Waals surface area contributed by atoms with Crippen molar-refractivity contribution in [3.05, 3.63) is 131 Å². The van der Waals surface area contributed by atoms with Crippen LogP contribution in [0.5, 0.6) is 11.5 Å². The van der Waals surface area contributed by atoms with Crippen LogP contribution in [0.4, 0.5) is 0 Å². The van der Waals surface area contributed by atoms with Crippen LogP contribution >= 0.6 is 0 Å². The Morgan fingerprint density at radius 3 is 2.00 bits per heavy atom. The molecule has 0 radical (unpaired) electrons. The van der Waals surface area contributed by atoms with Gasteiger partial charge >= 0.3 is 5.97 Å². The second-order valence-electron chi connectivity index (χ2n) is 7.83. The number of hydrogen-bond acceptors (Lipinski definition) is 6. The Morgan fingerprint density at radius 1 is 0.806 bits per heavy atom. The fourth-order valence-electron chi connectivity index (χ4n) is 3.59. The lowest BCUT2D eigenvalue weighted by molar-refractivity contribution is -0.136. The minimum atomic E-state index is -1.93. The van der Waals surface area contributed by atoms with E-state index < -0.39 is 17.5 Å². The van der Waals surface area contributed by atoms with Gasteiger partial charge in [0, 0.05) is 0 Å². The van der Waals surface area contributed by atoms with E-state index in [4.69, 9.17) is 9.47 Å². The van der Waals surface area contributed by atoms with Crippen molar-refractivity contribution in [3.8, 4) is 11.5 Å². The normalized spacial score (nSPS) is 11.2. The van der Waals surface area contributed by atoms with Crippen LogP contribution in [0.15, 0.2) is 114 Å². The lowest BCUT2D eigenvalue weighted by Crippen LogP contribution is -2.43. The minimum absolute atomic E-state index is 0.316. The molecule has 4 rings (SSSR count). The molecule has 1 amide bonds. The number of benzene rings is 4. The number of aliphatic hydroxyl groups is 1. The molecule has 7 heteroatoms. The van der Waals surface area contributed by atoms with Gasteiger partial charge in [0.1, 0.15) is 11.5 Å². The molecule has 0 saturated heterocycles. The summed E-state index contributed by atoms with van der Waals surface area (Å²) in [5.41, 5.74) is 2.28. The molecule has 0 heterocycles. The second-order valence-corrected chi connectivity index (χ2v) is 7.83. The van der Waals surface area contributed by atoms with E-state index in [0.29, 0.717) is 33.8 Å². The van der Waals surface area contributed by atoms with E-state index in [1.165, 1.54) is 6.21 Å². The van der Waals surface area contributed by atoms with Gasteiger partial charge in [-0.15, -0.1) is 0 Å². The molecule has 36 heavy (non-hydrogen) atoms. The number of hydrogen-bond donors (Lipinski definition) is 2. The predicted molar refractivity (Wildman–Crippen MR) is 136 cm³/mol. The fraction of sp³-hybridized carbons (Fsp3) is 0.0690. The number of nitrogens with one attached hydrogen (secondary N) is 1. The van der Waals surface area contributed by atoms with Crippen LogP contribution in [-0.2, 0) is 10.4 Å². The third-order valence-electron chi connectivity index (χ3n) is 5.49. The van der Waals surface area contributed by atoms with Gasteiger partial charge in [0.25, 0.3) is 5.91 Å². The highest BCUT2D eigenvalue weighted by molar-refractivity contribution is 5.92. The van der Waals surface area contributed by atoms with Gasteiger partial charge in [-0.3, -0.25) is 4.79 Å². The van der Waals surface area contributed by atoms with Crippen molar-refractivity contribution >= 4 is 18.1 Å². The zero-order chi connectivity index (χ0) is 25.4. The Labute approximate surface area is 208 Å². The Morgan fingerprint density at radius 2 is 1.42 bits per heavy atom. The summed E-state index contributed by atoms with van der Waals surface area (Å²) in [6, 6.07) is 30.6. The van der Waals surface area contributed by atoms with E-state index >= 15 is 0 Å². The molecule has 0 aliphatic rings. The van der Waals surface area contributed by atoms with Crippen LogP contribution in [0.25, 0.3) is 0 Å². The number of methoxy groups -OCH3 is 1. The summed E-state index contributed by atoms with van der Waals surface area (Å²) in [4.78, 5) is 25.5. The summed E-state index contributed by atoms with van der Waals surface area (Å²) < 4.78 is 10.5. The molecular weight excluding hydrogens is 456 g/mol. The van der Waals surface area contributed by atoms with Crippen LogP contribution in [0.2, 0.25) is 0 Å². The highest BCUT2D eigenvalue weighted by Crippen LogP contribution is 2.29. The van der Waals surface area contributed by atoms with Gasteiger partial charge in [-0.1, -0.05) is 72.8 Å². The van der Waals surface area contributed by atoms with E-state index in [0.717, 1.165) is 0 Å². The molecule has 0 unspecified atom stereocenters. The molecule has 0 atom stereocenters. The topological polar surface area (TPSA) is 97.2 Å². The van der Waals surface area contributed by atoms with E-state index in [9.17, 15) is 14.7 Å². The summed E-state index contributed by atoms with van der Waals surface area (Å²) in [7, 11) is 1.55. The number of carbonyl (C=O) groups is 2. The SMILES string of the molecule is COc1ccc(C(=O)Oc2cccc(C=NNC(=O)C(O)(c3ccccc3)c3ccccc3)c2)cc1. The molecule has 180 valence electrons. The van der Waals surface area contributed by atoms with E-state index in [1.807, 2.05) is 0 Å². The van der Waals surface area contributed by atoms with Gasteiger partial charge in [-0.2, -0.15) is 5.10 Å². The molecule has 4 aromatic carbocycles. The summed E-state index contributed by atoms with van der Waals surface area (Å²) in [6.07, 6.45) is 1.40. The maximum absolute atomic E-state index is 13.1. The summed E-state index contributed by atoms with van der Waals surface area (Å²) in [5.74, 6) is -0.275. The number of amides is 1. The van der Waals surface area contributed by atoms with E-state index in [2.05, 4.69) is 10.5 Å². The Hall–Kier alpha value is -4.75. The van der Waals surface area contributed by atoms with Crippen molar-refractivity contribution in [1.29, 1.82) is 0 Å². The fourth-order valence-corrected chi connectivity index (χ4v) is 3.59. The van der Waals surface area contributed by atoms with E-state index in [-0.39, 0.29) is 0 Å². The number of esters is 1. The van der Waals surface area contributed by atoms with Crippen molar-refractivity contribution in [3.63, 3.8) is 0 Å². The van der Waals surface area contributed by atoms with Crippen molar-refractivity contribution in [2.45, 2.75) is 5.60 Å². The minimum Gasteiger partial charge on any atom is -0.497 e. The summed E-state index contributed by atoms with van der Waals surface area (Å²) >= 11 is 0. The van der Waals surface area contributed by atoms with Gasteiger partial charge in [-0.05, 0) is 53.1 Å². The molecule has 0 bridgehead atoms. The number of hydrazone groups is 1. The first-order valence-electron chi connectivity index (χ1n) is 11.1. The average molecular weight is 481 g/mol. The van der Waals surface area contributed by atoms with E-state index in [1.54, 1.807) is 116 Å². The zero-order valence-corrected chi connectivity index (χ0v) is 19.5. The van der Waals surface area contributed by atoms with Crippen LogP contribution in [0, 0.1) is 0 Å². The Balaban J connectivity index is 1.47. The number of nitrogens with zero attached hydrogens (tertiary/aromatic N) is 1. The van der Waals surface area contributed by atoms with Crippen molar-refractivity contribution in [2.75, 3.05) is 7.11 Å². The van der Waals surface area contributed by atoms with Gasteiger partial charge in [0.05, 0.1) is 18.9 Å². The van der Waals surface area contributed by atoms with Crippen LogP contribution in [0.3, 0.4) is 0 Å². The zero-order valence-electron chi connectivity index (χ0n) is 19.5. The molecule has 2 N–H and O–H groups in total. The lowest BCUT2D eigenvalue weighted by Gasteiger charge is -2.27. The third kappa shape index (κ3) is 5.48. The molecule has 0 aromatic heterocycles. The molecule has 0 spiro atoms. The second kappa shape index (κ2) is 11.1. The maximum Gasteiger partial charge on any atom is 0.343 e. The van der Waals surface area contributed by atoms with Gasteiger partial charge in [-0.25, -0.2) is 10.2 Å². The largest absolute Gasteiger partial charge is 0.497 e. The smallest absolute Gasteiger partial charge is 0.343 e. The van der Waals surface area contributed by atoms with Gasteiger partial charge in [0.2, 0.25) is 0 Å².